The van der Waals surface area contributed by atoms with Crippen LogP contribution in [-0.2, 0) is 16.1 Å². The minimum absolute atomic E-state index is 0.0339. The summed E-state index contributed by atoms with van der Waals surface area (Å²) in [6, 6.07) is 7.85. The van der Waals surface area contributed by atoms with Crippen LogP contribution >= 0.6 is 0 Å². The Morgan fingerprint density at radius 3 is 2.56 bits per heavy atom. The van der Waals surface area contributed by atoms with E-state index < -0.39 is 17.2 Å². The van der Waals surface area contributed by atoms with Gasteiger partial charge in [-0.25, -0.2) is 9.37 Å². The molecule has 0 aliphatic rings. The van der Waals surface area contributed by atoms with Crippen LogP contribution in [-0.4, -0.2) is 22.7 Å². The van der Waals surface area contributed by atoms with Gasteiger partial charge >= 0.3 is 12.0 Å². The molecule has 2 rings (SSSR count). The van der Waals surface area contributed by atoms with E-state index in [2.05, 4.69) is 15.3 Å². The Morgan fingerprint density at radius 1 is 1.24 bits per heavy atom. The average Bonchev–Trinajstić information content (AvgIpc) is 2.55. The Morgan fingerprint density at radius 2 is 1.92 bits per heavy atom. The number of hydrogen-bond donors (Lipinski definition) is 1. The lowest BCUT2D eigenvalue weighted by atomic mass is 9.98. The molecule has 1 aromatic heterocycles. The molecule has 0 saturated carbocycles. The largest absolute Gasteiger partial charge is 0.459 e. The first kappa shape index (κ1) is 18.6. The number of aromatic nitrogens is 2. The van der Waals surface area contributed by atoms with E-state index in [0.29, 0.717) is 0 Å². The fourth-order valence-corrected chi connectivity index (χ4v) is 1.76. The minimum Gasteiger partial charge on any atom is -0.459 e. The van der Waals surface area contributed by atoms with E-state index in [9.17, 15) is 9.18 Å². The topological polar surface area (TPSA) is 73.3 Å². The third-order valence-corrected chi connectivity index (χ3v) is 3.27. The van der Waals surface area contributed by atoms with Gasteiger partial charge in [0.15, 0.2) is 18.4 Å². The molecule has 1 heterocycles. The molecule has 6 nitrogen and oxygen atoms in total. The van der Waals surface area contributed by atoms with E-state index in [1.54, 1.807) is 20.8 Å². The van der Waals surface area contributed by atoms with Crippen LogP contribution < -0.4 is 10.1 Å². The Labute approximate surface area is 146 Å². The lowest BCUT2D eigenvalue weighted by Crippen LogP contribution is -2.25. The molecular weight excluding hydrogens is 325 g/mol. The predicted molar refractivity (Wildman–Crippen MR) is 91.5 cm³/mol. The van der Waals surface area contributed by atoms with Crippen LogP contribution in [0.3, 0.4) is 0 Å². The summed E-state index contributed by atoms with van der Waals surface area (Å²) in [4.78, 5) is 19.4. The monoisotopic (exact) mass is 347 g/mol. The van der Waals surface area contributed by atoms with Gasteiger partial charge in [0.25, 0.3) is 0 Å². The lowest BCUT2D eigenvalue weighted by molar-refractivity contribution is -0.152. The van der Waals surface area contributed by atoms with Crippen molar-refractivity contribution in [2.24, 2.45) is 5.41 Å². The number of nitrogens with zero attached hydrogens (tertiary/aromatic N) is 2. The van der Waals surface area contributed by atoms with Crippen LogP contribution in [0.5, 0.6) is 6.01 Å². The molecule has 1 aromatic carbocycles. The molecule has 0 aliphatic heterocycles. The molecule has 0 atom stereocenters. The van der Waals surface area contributed by atoms with E-state index in [1.165, 1.54) is 0 Å². The SMILES string of the molecule is Cc1ccc(COc2ncc(F)c(NCOC(=O)C(C)(C)C)n2)cc1. The van der Waals surface area contributed by atoms with Gasteiger partial charge in [0.2, 0.25) is 0 Å². The van der Waals surface area contributed by atoms with Crippen molar-refractivity contribution in [1.82, 2.24) is 9.97 Å². The average molecular weight is 347 g/mol. The van der Waals surface area contributed by atoms with Gasteiger partial charge in [-0.1, -0.05) is 29.8 Å². The molecule has 0 fully saturated rings. The van der Waals surface area contributed by atoms with Crippen molar-refractivity contribution in [3.05, 3.63) is 47.4 Å². The van der Waals surface area contributed by atoms with Crippen LogP contribution in [0.15, 0.2) is 30.5 Å². The Hall–Kier alpha value is -2.70. The molecule has 1 N–H and O–H groups in total. The lowest BCUT2D eigenvalue weighted by Gasteiger charge is -2.17. The van der Waals surface area contributed by atoms with Gasteiger partial charge in [0.05, 0.1) is 11.6 Å². The molecule has 0 unspecified atom stereocenters. The molecule has 7 heteroatoms. The van der Waals surface area contributed by atoms with Gasteiger partial charge < -0.3 is 14.8 Å². The second-order valence-electron chi connectivity index (χ2n) is 6.63. The first-order valence-corrected chi connectivity index (χ1v) is 7.87. The van der Waals surface area contributed by atoms with E-state index in [4.69, 9.17) is 9.47 Å². The van der Waals surface area contributed by atoms with Crippen molar-refractivity contribution in [3.8, 4) is 6.01 Å². The normalized spacial score (nSPS) is 11.1. The number of aryl methyl sites for hydroxylation is 1. The Balaban J connectivity index is 1.93. The highest BCUT2D eigenvalue weighted by Gasteiger charge is 2.23. The molecule has 0 aliphatic carbocycles. The zero-order valence-electron chi connectivity index (χ0n) is 14.8. The zero-order chi connectivity index (χ0) is 18.4. The van der Waals surface area contributed by atoms with E-state index >= 15 is 0 Å². The molecule has 25 heavy (non-hydrogen) atoms. The third-order valence-electron chi connectivity index (χ3n) is 3.27. The van der Waals surface area contributed by atoms with Crippen LogP contribution in [0.2, 0.25) is 0 Å². The second-order valence-corrected chi connectivity index (χ2v) is 6.63. The summed E-state index contributed by atoms with van der Waals surface area (Å²) in [5, 5.41) is 2.61. The summed E-state index contributed by atoms with van der Waals surface area (Å²) in [6.45, 7) is 7.27. The van der Waals surface area contributed by atoms with Gasteiger partial charge in [-0.15, -0.1) is 0 Å². The van der Waals surface area contributed by atoms with Crippen molar-refractivity contribution in [2.75, 3.05) is 12.0 Å². The quantitative estimate of drug-likeness (QED) is 0.637. The van der Waals surface area contributed by atoms with Gasteiger partial charge in [-0.05, 0) is 33.3 Å². The summed E-state index contributed by atoms with van der Waals surface area (Å²) >= 11 is 0. The molecule has 2 aromatic rings. The molecule has 0 radical (unpaired) electrons. The number of carbonyl (C=O) groups is 1. The molecule has 134 valence electrons. The van der Waals surface area contributed by atoms with Gasteiger partial charge in [0, 0.05) is 0 Å². The first-order valence-electron chi connectivity index (χ1n) is 7.87. The van der Waals surface area contributed by atoms with Crippen molar-refractivity contribution < 1.29 is 18.7 Å². The molecule has 0 amide bonds. The summed E-state index contributed by atoms with van der Waals surface area (Å²) < 4.78 is 24.3. The second kappa shape index (κ2) is 7.92. The van der Waals surface area contributed by atoms with Crippen molar-refractivity contribution in [2.45, 2.75) is 34.3 Å². The molecule has 0 spiro atoms. The Bertz CT molecular complexity index is 727. The maximum absolute atomic E-state index is 13.8. The summed E-state index contributed by atoms with van der Waals surface area (Å²) in [6.07, 6.45) is 1.01. The van der Waals surface area contributed by atoms with Crippen molar-refractivity contribution in [3.63, 3.8) is 0 Å². The maximum atomic E-state index is 13.8. The van der Waals surface area contributed by atoms with Crippen LogP contribution in [0.25, 0.3) is 0 Å². The first-order chi connectivity index (χ1) is 11.8. The molecule has 0 saturated heterocycles. The molecule has 0 bridgehead atoms. The fraction of sp³-hybridized carbons (Fsp3) is 0.389. The predicted octanol–water partition coefficient (Wildman–Crippen LogP) is 3.46. The number of rotatable bonds is 6. The van der Waals surface area contributed by atoms with Crippen LogP contribution in [0.4, 0.5) is 10.2 Å². The number of hydrogen-bond acceptors (Lipinski definition) is 6. The summed E-state index contributed by atoms with van der Waals surface area (Å²) in [7, 11) is 0. The van der Waals surface area contributed by atoms with Crippen molar-refractivity contribution >= 4 is 11.8 Å². The van der Waals surface area contributed by atoms with E-state index in [0.717, 1.165) is 17.3 Å². The fourth-order valence-electron chi connectivity index (χ4n) is 1.76. The number of benzene rings is 1. The minimum atomic E-state index is -0.658. The smallest absolute Gasteiger partial charge is 0.318 e. The highest BCUT2D eigenvalue weighted by atomic mass is 19.1. The number of nitrogens with one attached hydrogen (secondary N) is 1. The van der Waals surface area contributed by atoms with Crippen LogP contribution in [0, 0.1) is 18.2 Å². The van der Waals surface area contributed by atoms with Crippen LogP contribution in [0.1, 0.15) is 31.9 Å². The van der Waals surface area contributed by atoms with Gasteiger partial charge in [0.1, 0.15) is 6.61 Å². The number of ether oxygens (including phenoxy) is 2. The van der Waals surface area contributed by atoms with Gasteiger partial charge in [-0.3, -0.25) is 4.79 Å². The van der Waals surface area contributed by atoms with E-state index in [-0.39, 0.29) is 25.2 Å². The maximum Gasteiger partial charge on any atom is 0.318 e. The zero-order valence-corrected chi connectivity index (χ0v) is 14.8. The summed E-state index contributed by atoms with van der Waals surface area (Å²) in [5.41, 5.74) is 1.47. The molecular formula is C18H22FN3O3. The number of carbonyl (C=O) groups excluding carboxylic acids is 1. The van der Waals surface area contributed by atoms with Gasteiger partial charge in [-0.2, -0.15) is 4.98 Å². The summed E-state index contributed by atoms with van der Waals surface area (Å²) in [5.74, 6) is -1.14. The number of anilines is 1. The third kappa shape index (κ3) is 5.70. The number of esters is 1. The number of halogens is 1. The highest BCUT2D eigenvalue weighted by Crippen LogP contribution is 2.17. The highest BCUT2D eigenvalue weighted by molar-refractivity contribution is 5.75. The van der Waals surface area contributed by atoms with Crippen molar-refractivity contribution in [1.29, 1.82) is 0 Å². The Kier molecular flexibility index (Phi) is 5.90. The van der Waals surface area contributed by atoms with E-state index in [1.807, 2.05) is 31.2 Å². The standard InChI is InChI=1S/C18H22FN3O3/c1-12-5-7-13(8-6-12)10-24-17-20-9-14(19)15(22-17)21-11-25-16(23)18(2,3)4/h5-9H,10-11H2,1-4H3,(H,20,21,22).